The predicted molar refractivity (Wildman–Crippen MR) is 109 cm³/mol. The summed E-state index contributed by atoms with van der Waals surface area (Å²) in [4.78, 5) is 23.9. The summed E-state index contributed by atoms with van der Waals surface area (Å²) in [6.45, 7) is 6.58. The fourth-order valence-corrected chi connectivity index (χ4v) is 3.04. The molecular formula is C23H30N2O2. The highest BCUT2D eigenvalue weighted by atomic mass is 16.2. The normalized spacial score (nSPS) is 11.3. The van der Waals surface area contributed by atoms with Crippen LogP contribution in [0.25, 0.3) is 0 Å². The van der Waals surface area contributed by atoms with Crippen molar-refractivity contribution < 1.29 is 9.59 Å². The van der Waals surface area contributed by atoms with Gasteiger partial charge in [0.15, 0.2) is 0 Å². The van der Waals surface area contributed by atoms with Crippen molar-refractivity contribution in [2.24, 2.45) is 5.41 Å². The molecule has 2 N–H and O–H groups in total. The first kappa shape index (κ1) is 20.7. The first-order chi connectivity index (χ1) is 12.8. The Labute approximate surface area is 162 Å². The minimum atomic E-state index is -0.155. The van der Waals surface area contributed by atoms with Crippen LogP contribution in [-0.2, 0) is 9.59 Å². The fourth-order valence-electron chi connectivity index (χ4n) is 3.04. The Morgan fingerprint density at radius 3 is 1.81 bits per heavy atom. The van der Waals surface area contributed by atoms with Crippen LogP contribution in [0.1, 0.15) is 50.7 Å². The number of hydrogen-bond donors (Lipinski definition) is 2. The van der Waals surface area contributed by atoms with Gasteiger partial charge in [0.2, 0.25) is 11.8 Å². The molecule has 0 saturated heterocycles. The number of rotatable bonds is 8. The Morgan fingerprint density at radius 1 is 0.815 bits per heavy atom. The molecule has 0 unspecified atom stereocenters. The zero-order valence-corrected chi connectivity index (χ0v) is 16.5. The first-order valence-electron chi connectivity index (χ1n) is 9.48. The molecule has 0 aliphatic carbocycles. The summed E-state index contributed by atoms with van der Waals surface area (Å²) in [5, 5.41) is 5.61. The molecule has 144 valence electrons. The van der Waals surface area contributed by atoms with E-state index in [1.54, 1.807) is 0 Å². The second kappa shape index (κ2) is 9.91. The van der Waals surface area contributed by atoms with E-state index in [0.29, 0.717) is 13.0 Å². The zero-order valence-electron chi connectivity index (χ0n) is 16.5. The lowest BCUT2D eigenvalue weighted by Gasteiger charge is -2.19. The van der Waals surface area contributed by atoms with Crippen LogP contribution in [0.3, 0.4) is 0 Å². The number of nitrogens with one attached hydrogen (secondary N) is 2. The maximum Gasteiger partial charge on any atom is 0.239 e. The summed E-state index contributed by atoms with van der Waals surface area (Å²) in [5.41, 5.74) is 2.38. The number of carbonyl (C=O) groups is 2. The van der Waals surface area contributed by atoms with E-state index in [9.17, 15) is 9.59 Å². The molecule has 0 saturated carbocycles. The molecule has 4 nitrogen and oxygen atoms in total. The van der Waals surface area contributed by atoms with Gasteiger partial charge in [0.1, 0.15) is 0 Å². The average Bonchev–Trinajstić information content (AvgIpc) is 2.64. The lowest BCUT2D eigenvalue weighted by molar-refractivity contribution is -0.127. The largest absolute Gasteiger partial charge is 0.355 e. The molecule has 27 heavy (non-hydrogen) atoms. The molecule has 0 heterocycles. The minimum Gasteiger partial charge on any atom is -0.355 e. The van der Waals surface area contributed by atoms with Crippen molar-refractivity contribution in [2.45, 2.75) is 39.5 Å². The van der Waals surface area contributed by atoms with Gasteiger partial charge in [-0.3, -0.25) is 9.59 Å². The van der Waals surface area contributed by atoms with Crippen LogP contribution < -0.4 is 10.6 Å². The molecule has 0 fully saturated rings. The second-order valence-electron chi connectivity index (χ2n) is 8.03. The van der Waals surface area contributed by atoms with E-state index in [1.165, 1.54) is 11.1 Å². The summed E-state index contributed by atoms with van der Waals surface area (Å²) in [7, 11) is 0. The summed E-state index contributed by atoms with van der Waals surface area (Å²) >= 11 is 0. The van der Waals surface area contributed by atoms with Crippen molar-refractivity contribution in [1.82, 2.24) is 10.6 Å². The fraction of sp³-hybridized carbons (Fsp3) is 0.391. The molecule has 0 aromatic heterocycles. The first-order valence-corrected chi connectivity index (χ1v) is 9.48. The van der Waals surface area contributed by atoms with Gasteiger partial charge in [-0.1, -0.05) is 81.4 Å². The molecule has 2 aromatic rings. The Bertz CT molecular complexity index is 682. The van der Waals surface area contributed by atoms with Gasteiger partial charge in [0.25, 0.3) is 0 Å². The van der Waals surface area contributed by atoms with Gasteiger partial charge in [0.05, 0.1) is 6.54 Å². The van der Waals surface area contributed by atoms with Crippen molar-refractivity contribution in [1.29, 1.82) is 0 Å². The molecule has 0 aliphatic heterocycles. The van der Waals surface area contributed by atoms with Crippen LogP contribution in [0.4, 0.5) is 0 Å². The average molecular weight is 367 g/mol. The van der Waals surface area contributed by atoms with Gasteiger partial charge in [-0.15, -0.1) is 0 Å². The SMILES string of the molecule is CC(C)(C)CC(=O)NCC(=O)NCCC(c1ccccc1)c1ccccc1. The zero-order chi connectivity index (χ0) is 19.7. The van der Waals surface area contributed by atoms with Gasteiger partial charge < -0.3 is 10.6 Å². The van der Waals surface area contributed by atoms with E-state index < -0.39 is 0 Å². The molecule has 0 atom stereocenters. The van der Waals surface area contributed by atoms with Crippen LogP contribution in [0.5, 0.6) is 0 Å². The number of amides is 2. The van der Waals surface area contributed by atoms with Crippen LogP contribution in [-0.4, -0.2) is 24.9 Å². The Hall–Kier alpha value is -2.62. The second-order valence-corrected chi connectivity index (χ2v) is 8.03. The van der Waals surface area contributed by atoms with Crippen LogP contribution in [0.15, 0.2) is 60.7 Å². The summed E-state index contributed by atoms with van der Waals surface area (Å²) in [6, 6.07) is 20.6. The van der Waals surface area contributed by atoms with Gasteiger partial charge in [-0.25, -0.2) is 0 Å². The standard InChI is InChI=1S/C23H30N2O2/c1-23(2,3)16-21(26)25-17-22(27)24-15-14-20(18-10-6-4-7-11-18)19-12-8-5-9-13-19/h4-13,20H,14-17H2,1-3H3,(H,24,27)(H,25,26). The van der Waals surface area contributed by atoms with Crippen molar-refractivity contribution in [2.75, 3.05) is 13.1 Å². The monoisotopic (exact) mass is 366 g/mol. The summed E-state index contributed by atoms with van der Waals surface area (Å²) in [5.74, 6) is -0.0237. The van der Waals surface area contributed by atoms with Gasteiger partial charge in [-0.2, -0.15) is 0 Å². The van der Waals surface area contributed by atoms with E-state index in [-0.39, 0.29) is 29.7 Å². The van der Waals surface area contributed by atoms with E-state index in [0.717, 1.165) is 6.42 Å². The van der Waals surface area contributed by atoms with Crippen molar-refractivity contribution >= 4 is 11.8 Å². The lowest BCUT2D eigenvalue weighted by atomic mass is 9.88. The third-order valence-corrected chi connectivity index (χ3v) is 4.30. The number of carbonyl (C=O) groups excluding carboxylic acids is 2. The molecule has 0 bridgehead atoms. The minimum absolute atomic E-state index is 0.0241. The number of hydrogen-bond acceptors (Lipinski definition) is 2. The van der Waals surface area contributed by atoms with Crippen molar-refractivity contribution in [3.63, 3.8) is 0 Å². The predicted octanol–water partition coefficient (Wildman–Crippen LogP) is 3.88. The highest BCUT2D eigenvalue weighted by Crippen LogP contribution is 2.27. The van der Waals surface area contributed by atoms with Gasteiger partial charge in [-0.05, 0) is 23.0 Å². The van der Waals surface area contributed by atoms with E-state index in [2.05, 4.69) is 34.9 Å². The maximum atomic E-state index is 12.0. The molecule has 0 radical (unpaired) electrons. The van der Waals surface area contributed by atoms with E-state index in [1.807, 2.05) is 57.2 Å². The van der Waals surface area contributed by atoms with E-state index >= 15 is 0 Å². The molecule has 0 spiro atoms. The van der Waals surface area contributed by atoms with Gasteiger partial charge >= 0.3 is 0 Å². The van der Waals surface area contributed by atoms with Crippen molar-refractivity contribution in [3.05, 3.63) is 71.8 Å². The Kier molecular flexibility index (Phi) is 7.59. The molecule has 4 heteroatoms. The molecule has 0 aliphatic rings. The maximum absolute atomic E-state index is 12.0. The topological polar surface area (TPSA) is 58.2 Å². The quantitative estimate of drug-likeness (QED) is 0.745. The van der Waals surface area contributed by atoms with Crippen LogP contribution in [0, 0.1) is 5.41 Å². The molecule has 2 rings (SSSR count). The molecule has 2 amide bonds. The van der Waals surface area contributed by atoms with Crippen LogP contribution >= 0.6 is 0 Å². The summed E-state index contributed by atoms with van der Waals surface area (Å²) < 4.78 is 0. The lowest BCUT2D eigenvalue weighted by Crippen LogP contribution is -2.38. The molecule has 2 aromatic carbocycles. The van der Waals surface area contributed by atoms with Crippen molar-refractivity contribution in [3.8, 4) is 0 Å². The number of benzene rings is 2. The smallest absolute Gasteiger partial charge is 0.239 e. The summed E-state index contributed by atoms with van der Waals surface area (Å²) in [6.07, 6.45) is 1.21. The Morgan fingerprint density at radius 2 is 1.33 bits per heavy atom. The third-order valence-electron chi connectivity index (χ3n) is 4.30. The van der Waals surface area contributed by atoms with E-state index in [4.69, 9.17) is 0 Å². The third kappa shape index (κ3) is 7.65. The van der Waals surface area contributed by atoms with Crippen LogP contribution in [0.2, 0.25) is 0 Å². The van der Waals surface area contributed by atoms with Gasteiger partial charge in [0, 0.05) is 18.9 Å². The Balaban J connectivity index is 1.85. The highest BCUT2D eigenvalue weighted by Gasteiger charge is 2.17. The highest BCUT2D eigenvalue weighted by molar-refractivity contribution is 5.84. The molecular weight excluding hydrogens is 336 g/mol.